The highest BCUT2D eigenvalue weighted by Crippen LogP contribution is 2.32. The largest absolute Gasteiger partial charge is 0.451 e. The van der Waals surface area contributed by atoms with Crippen molar-refractivity contribution < 1.29 is 18.7 Å². The fourth-order valence-corrected chi connectivity index (χ4v) is 4.16. The van der Waals surface area contributed by atoms with E-state index in [-0.39, 0.29) is 18.3 Å². The second kappa shape index (κ2) is 8.45. The van der Waals surface area contributed by atoms with Gasteiger partial charge in [0.1, 0.15) is 10.7 Å². The van der Waals surface area contributed by atoms with Gasteiger partial charge < -0.3 is 10.1 Å². The Morgan fingerprint density at radius 3 is 2.85 bits per heavy atom. The van der Waals surface area contributed by atoms with E-state index in [2.05, 4.69) is 12.2 Å². The predicted molar refractivity (Wildman–Crippen MR) is 98.9 cm³/mol. The van der Waals surface area contributed by atoms with Gasteiger partial charge in [-0.15, -0.1) is 11.3 Å². The molecule has 138 valence electrons. The number of rotatable bonds is 6. The molecule has 0 radical (unpaired) electrons. The van der Waals surface area contributed by atoms with Crippen LogP contribution in [0.3, 0.4) is 0 Å². The molecule has 1 amide bonds. The van der Waals surface area contributed by atoms with Gasteiger partial charge in [0.25, 0.3) is 5.91 Å². The number of hydrogen-bond acceptors (Lipinski definition) is 4. The Morgan fingerprint density at radius 2 is 2.08 bits per heavy atom. The second-order valence-electron chi connectivity index (χ2n) is 6.71. The Kier molecular flexibility index (Phi) is 6.04. The monoisotopic (exact) mass is 375 g/mol. The molecule has 3 rings (SSSR count). The maximum atomic E-state index is 12.8. The van der Waals surface area contributed by atoms with Gasteiger partial charge in [-0.3, -0.25) is 4.79 Å². The molecule has 6 heteroatoms. The van der Waals surface area contributed by atoms with Crippen LogP contribution in [-0.2, 0) is 28.8 Å². The van der Waals surface area contributed by atoms with Gasteiger partial charge in [0.2, 0.25) is 0 Å². The topological polar surface area (TPSA) is 55.4 Å². The van der Waals surface area contributed by atoms with Crippen LogP contribution in [0.5, 0.6) is 0 Å². The summed E-state index contributed by atoms with van der Waals surface area (Å²) >= 11 is 1.48. The van der Waals surface area contributed by atoms with Crippen molar-refractivity contribution in [2.75, 3.05) is 13.2 Å². The number of hydrogen-bond donors (Lipinski definition) is 1. The summed E-state index contributed by atoms with van der Waals surface area (Å²) < 4.78 is 18.0. The lowest BCUT2D eigenvalue weighted by Gasteiger charge is -2.16. The molecule has 0 spiro atoms. The van der Waals surface area contributed by atoms with Crippen molar-refractivity contribution in [1.82, 2.24) is 5.32 Å². The molecule has 0 aliphatic heterocycles. The Balaban J connectivity index is 1.41. The molecule has 2 aromatic rings. The molecule has 1 atom stereocenters. The number of ether oxygens (including phenoxy) is 1. The Bertz CT molecular complexity index is 785. The number of carbonyl (C=O) groups excluding carboxylic acids is 2. The first-order chi connectivity index (χ1) is 12.5. The summed E-state index contributed by atoms with van der Waals surface area (Å²) in [5.41, 5.74) is 2.17. The summed E-state index contributed by atoms with van der Waals surface area (Å²) in [6.07, 6.45) is 3.76. The van der Waals surface area contributed by atoms with Crippen LogP contribution in [-0.4, -0.2) is 25.0 Å². The standard InChI is InChI=1S/C20H22FNO3S/c1-13-2-7-17-15(10-13)11-18(26-17)20(24)25-12-19(23)22-9-8-14-3-5-16(21)6-4-14/h3-6,11,13H,2,7-10,12H2,1H3,(H,22,23)/t13-/m0/s1. The molecule has 1 aliphatic carbocycles. The number of halogens is 1. The summed E-state index contributed by atoms with van der Waals surface area (Å²) in [6, 6.07) is 8.05. The van der Waals surface area contributed by atoms with Crippen LogP contribution in [0.4, 0.5) is 4.39 Å². The first kappa shape index (κ1) is 18.6. The van der Waals surface area contributed by atoms with Crippen LogP contribution in [0.1, 0.15) is 39.0 Å². The van der Waals surface area contributed by atoms with Gasteiger partial charge in [0.15, 0.2) is 6.61 Å². The van der Waals surface area contributed by atoms with Gasteiger partial charge in [0.05, 0.1) is 0 Å². The minimum atomic E-state index is -0.439. The van der Waals surface area contributed by atoms with Crippen molar-refractivity contribution in [3.63, 3.8) is 0 Å². The quantitative estimate of drug-likeness (QED) is 0.786. The molecule has 1 aliphatic rings. The van der Waals surface area contributed by atoms with E-state index in [0.29, 0.717) is 23.8 Å². The van der Waals surface area contributed by atoms with Crippen LogP contribution in [0.15, 0.2) is 30.3 Å². The molecule has 26 heavy (non-hydrogen) atoms. The van der Waals surface area contributed by atoms with Crippen LogP contribution < -0.4 is 5.32 Å². The van der Waals surface area contributed by atoms with E-state index in [0.717, 1.165) is 24.8 Å². The van der Waals surface area contributed by atoms with Crippen molar-refractivity contribution in [3.05, 3.63) is 57.0 Å². The van der Waals surface area contributed by atoms with Crippen LogP contribution in [0.2, 0.25) is 0 Å². The molecular weight excluding hydrogens is 353 g/mol. The Labute approximate surface area is 156 Å². The van der Waals surface area contributed by atoms with Crippen molar-refractivity contribution in [3.8, 4) is 0 Å². The Morgan fingerprint density at radius 1 is 1.31 bits per heavy atom. The molecule has 0 unspecified atom stereocenters. The number of aryl methyl sites for hydroxylation is 1. The van der Waals surface area contributed by atoms with Crippen molar-refractivity contribution in [2.45, 2.75) is 32.6 Å². The fourth-order valence-electron chi connectivity index (χ4n) is 3.06. The van der Waals surface area contributed by atoms with E-state index in [1.54, 1.807) is 12.1 Å². The van der Waals surface area contributed by atoms with Crippen LogP contribution in [0, 0.1) is 11.7 Å². The number of nitrogens with one attached hydrogen (secondary N) is 1. The summed E-state index contributed by atoms with van der Waals surface area (Å²) in [5, 5.41) is 2.70. The first-order valence-corrected chi connectivity index (χ1v) is 9.63. The van der Waals surface area contributed by atoms with Crippen molar-refractivity contribution >= 4 is 23.2 Å². The molecule has 1 aromatic carbocycles. The van der Waals surface area contributed by atoms with Crippen molar-refractivity contribution in [2.24, 2.45) is 5.92 Å². The molecular formula is C20H22FNO3S. The smallest absolute Gasteiger partial charge is 0.348 e. The van der Waals surface area contributed by atoms with Gasteiger partial charge in [-0.2, -0.15) is 0 Å². The van der Waals surface area contributed by atoms with E-state index < -0.39 is 5.97 Å². The summed E-state index contributed by atoms with van der Waals surface area (Å²) in [4.78, 5) is 25.8. The van der Waals surface area contributed by atoms with E-state index in [1.165, 1.54) is 33.9 Å². The fraction of sp³-hybridized carbons (Fsp3) is 0.400. The maximum Gasteiger partial charge on any atom is 0.348 e. The zero-order valence-corrected chi connectivity index (χ0v) is 15.5. The minimum absolute atomic E-state index is 0.283. The van der Waals surface area contributed by atoms with Crippen LogP contribution >= 0.6 is 11.3 Å². The summed E-state index contributed by atoms with van der Waals surface area (Å²) in [6.45, 7) is 2.34. The zero-order chi connectivity index (χ0) is 18.5. The second-order valence-corrected chi connectivity index (χ2v) is 7.85. The predicted octanol–water partition coefficient (Wildman–Crippen LogP) is 3.53. The molecule has 0 bridgehead atoms. The molecule has 0 saturated heterocycles. The van der Waals surface area contributed by atoms with Gasteiger partial charge in [-0.1, -0.05) is 19.1 Å². The van der Waals surface area contributed by atoms with Gasteiger partial charge in [-0.25, -0.2) is 9.18 Å². The lowest BCUT2D eigenvalue weighted by atomic mass is 9.90. The number of thiophene rings is 1. The van der Waals surface area contributed by atoms with Crippen molar-refractivity contribution in [1.29, 1.82) is 0 Å². The number of amides is 1. The van der Waals surface area contributed by atoms with Gasteiger partial charge in [0, 0.05) is 11.4 Å². The molecule has 1 N–H and O–H groups in total. The summed E-state index contributed by atoms with van der Waals surface area (Å²) in [7, 11) is 0. The summed E-state index contributed by atoms with van der Waals surface area (Å²) in [5.74, 6) is -0.414. The molecule has 1 heterocycles. The van der Waals surface area contributed by atoms with Gasteiger partial charge in [-0.05, 0) is 60.9 Å². The third-order valence-corrected chi connectivity index (χ3v) is 5.73. The van der Waals surface area contributed by atoms with Gasteiger partial charge >= 0.3 is 5.97 Å². The molecule has 1 aromatic heterocycles. The van der Waals surface area contributed by atoms with Crippen LogP contribution in [0.25, 0.3) is 0 Å². The normalized spacial score (nSPS) is 16.0. The number of esters is 1. The number of carbonyl (C=O) groups is 2. The highest BCUT2D eigenvalue weighted by atomic mass is 32.1. The van der Waals surface area contributed by atoms with E-state index in [9.17, 15) is 14.0 Å². The van der Waals surface area contributed by atoms with E-state index in [1.807, 2.05) is 6.07 Å². The highest BCUT2D eigenvalue weighted by Gasteiger charge is 2.21. The average Bonchev–Trinajstić information content (AvgIpc) is 3.04. The first-order valence-electron chi connectivity index (χ1n) is 8.81. The third-order valence-electron chi connectivity index (χ3n) is 4.51. The average molecular weight is 375 g/mol. The molecule has 0 fully saturated rings. The number of fused-ring (bicyclic) bond motifs is 1. The SMILES string of the molecule is C[C@H]1CCc2sc(C(=O)OCC(=O)NCCc3ccc(F)cc3)cc2C1. The lowest BCUT2D eigenvalue weighted by molar-refractivity contribution is -0.124. The molecule has 4 nitrogen and oxygen atoms in total. The maximum absolute atomic E-state index is 12.8. The molecule has 0 saturated carbocycles. The highest BCUT2D eigenvalue weighted by molar-refractivity contribution is 7.14. The zero-order valence-electron chi connectivity index (χ0n) is 14.7. The number of benzene rings is 1. The van der Waals surface area contributed by atoms with E-state index in [4.69, 9.17) is 4.74 Å². The third kappa shape index (κ3) is 4.91. The van der Waals surface area contributed by atoms with E-state index >= 15 is 0 Å². The minimum Gasteiger partial charge on any atom is -0.451 e. The Hall–Kier alpha value is -2.21. The lowest BCUT2D eigenvalue weighted by Crippen LogP contribution is -2.30.